The van der Waals surface area contributed by atoms with Crippen molar-refractivity contribution in [2.45, 2.75) is 39.7 Å². The van der Waals surface area contributed by atoms with E-state index in [-0.39, 0.29) is 12.4 Å². The summed E-state index contributed by atoms with van der Waals surface area (Å²) in [6, 6.07) is 12.9. The van der Waals surface area contributed by atoms with Gasteiger partial charge in [-0.15, -0.1) is 12.4 Å². The maximum atomic E-state index is 6.46. The smallest absolute Gasteiger partial charge is 0.0795 e. The maximum absolute atomic E-state index is 6.46. The summed E-state index contributed by atoms with van der Waals surface area (Å²) in [6.45, 7) is 6.25. The second-order valence-electron chi connectivity index (χ2n) is 7.61. The largest absolute Gasteiger partial charge is 0.360 e. The van der Waals surface area contributed by atoms with Crippen molar-refractivity contribution in [1.29, 1.82) is 0 Å². The molecular weight excluding hydrogens is 415 g/mol. The lowest BCUT2D eigenvalue weighted by molar-refractivity contribution is 0.635. The molecule has 2 aromatic carbocycles. The van der Waals surface area contributed by atoms with Crippen LogP contribution in [0.4, 0.5) is 0 Å². The quantitative estimate of drug-likeness (QED) is 0.416. The zero-order valence-corrected chi connectivity index (χ0v) is 18.8. The van der Waals surface area contributed by atoms with Crippen molar-refractivity contribution in [3.05, 3.63) is 70.0 Å². The Balaban J connectivity index is 0.00000218. The number of fused-ring (bicyclic) bond motifs is 2. The molecule has 0 bridgehead atoms. The molecule has 30 heavy (non-hydrogen) atoms. The number of nitrogens with zero attached hydrogens (tertiary/aromatic N) is 2. The van der Waals surface area contributed by atoms with E-state index in [0.29, 0.717) is 0 Å². The number of aryl methyl sites for hydroxylation is 2. The molecule has 0 spiro atoms. The number of hydrogen-bond acceptors (Lipinski definition) is 2. The number of aromatic amines is 1. The van der Waals surface area contributed by atoms with Crippen LogP contribution in [0.25, 0.3) is 27.8 Å². The molecule has 0 atom stereocenters. The fraction of sp³-hybridized carbons (Fsp3) is 0.292. The first-order valence-electron chi connectivity index (χ1n) is 10.4. The molecule has 0 fully saturated rings. The predicted octanol–water partition coefficient (Wildman–Crippen LogP) is 5.87. The SMILES string of the molecule is CCc1cccc(CC)c1-n1nc2c(c1-c1ccc(Cl)c3[nH]ccc13)CNCC2.Cl. The minimum atomic E-state index is 0. The summed E-state index contributed by atoms with van der Waals surface area (Å²) in [5, 5.41) is 10.6. The van der Waals surface area contributed by atoms with Crippen molar-refractivity contribution in [2.24, 2.45) is 0 Å². The van der Waals surface area contributed by atoms with E-state index in [9.17, 15) is 0 Å². The molecule has 4 aromatic rings. The highest BCUT2D eigenvalue weighted by molar-refractivity contribution is 6.35. The van der Waals surface area contributed by atoms with Crippen LogP contribution in [0.2, 0.25) is 5.02 Å². The highest BCUT2D eigenvalue weighted by Crippen LogP contribution is 2.38. The molecule has 0 saturated carbocycles. The Labute approximate surface area is 188 Å². The lowest BCUT2D eigenvalue weighted by atomic mass is 9.98. The zero-order valence-electron chi connectivity index (χ0n) is 17.3. The molecule has 1 aliphatic rings. The van der Waals surface area contributed by atoms with Crippen molar-refractivity contribution in [2.75, 3.05) is 6.54 Å². The summed E-state index contributed by atoms with van der Waals surface area (Å²) >= 11 is 6.46. The van der Waals surface area contributed by atoms with Crippen molar-refractivity contribution >= 4 is 34.9 Å². The molecule has 0 radical (unpaired) electrons. The summed E-state index contributed by atoms with van der Waals surface area (Å²) in [6.07, 6.45) is 4.87. The minimum absolute atomic E-state index is 0. The summed E-state index contributed by atoms with van der Waals surface area (Å²) in [5.74, 6) is 0. The van der Waals surface area contributed by atoms with E-state index in [2.05, 4.69) is 59.2 Å². The van der Waals surface area contributed by atoms with Crippen LogP contribution in [-0.2, 0) is 25.8 Å². The number of halogens is 2. The molecule has 3 heterocycles. The summed E-state index contributed by atoms with van der Waals surface area (Å²) in [5.41, 5.74) is 9.74. The molecule has 5 rings (SSSR count). The Morgan fingerprint density at radius 1 is 1.07 bits per heavy atom. The third-order valence-electron chi connectivity index (χ3n) is 6.01. The molecule has 0 saturated heterocycles. The third kappa shape index (κ3) is 3.24. The Kier molecular flexibility index (Phi) is 5.92. The van der Waals surface area contributed by atoms with E-state index in [4.69, 9.17) is 16.7 Å². The second kappa shape index (κ2) is 8.46. The van der Waals surface area contributed by atoms with Gasteiger partial charge in [0.05, 0.1) is 27.6 Å². The van der Waals surface area contributed by atoms with Crippen LogP contribution in [-0.4, -0.2) is 21.3 Å². The Morgan fingerprint density at radius 3 is 2.57 bits per heavy atom. The highest BCUT2D eigenvalue weighted by Gasteiger charge is 2.26. The lowest BCUT2D eigenvalue weighted by Gasteiger charge is -2.18. The molecule has 6 heteroatoms. The number of H-pyrrole nitrogens is 1. The van der Waals surface area contributed by atoms with Crippen LogP contribution in [0.3, 0.4) is 0 Å². The van der Waals surface area contributed by atoms with Gasteiger partial charge in [0.15, 0.2) is 0 Å². The third-order valence-corrected chi connectivity index (χ3v) is 6.33. The van der Waals surface area contributed by atoms with Crippen LogP contribution < -0.4 is 5.32 Å². The predicted molar refractivity (Wildman–Crippen MR) is 127 cm³/mol. The van der Waals surface area contributed by atoms with Gasteiger partial charge in [-0.3, -0.25) is 0 Å². The average Bonchev–Trinajstić information content (AvgIpc) is 3.39. The summed E-state index contributed by atoms with van der Waals surface area (Å²) < 4.78 is 2.21. The molecule has 156 valence electrons. The van der Waals surface area contributed by atoms with Crippen molar-refractivity contribution in [3.8, 4) is 16.9 Å². The van der Waals surface area contributed by atoms with Crippen molar-refractivity contribution in [3.63, 3.8) is 0 Å². The van der Waals surface area contributed by atoms with Crippen molar-refractivity contribution in [1.82, 2.24) is 20.1 Å². The number of nitrogens with one attached hydrogen (secondary N) is 2. The normalized spacial score (nSPS) is 13.3. The molecule has 0 aliphatic carbocycles. The fourth-order valence-corrected chi connectivity index (χ4v) is 4.77. The van der Waals surface area contributed by atoms with Crippen molar-refractivity contribution < 1.29 is 0 Å². The molecule has 4 nitrogen and oxygen atoms in total. The van der Waals surface area contributed by atoms with Gasteiger partial charge in [-0.1, -0.05) is 49.7 Å². The van der Waals surface area contributed by atoms with Gasteiger partial charge in [0.1, 0.15) is 0 Å². The molecule has 0 amide bonds. The topological polar surface area (TPSA) is 45.6 Å². The number of hydrogen-bond donors (Lipinski definition) is 2. The van der Waals surface area contributed by atoms with Gasteiger partial charge in [-0.25, -0.2) is 4.68 Å². The summed E-state index contributed by atoms with van der Waals surface area (Å²) in [7, 11) is 0. The van der Waals surface area contributed by atoms with Gasteiger partial charge in [0.25, 0.3) is 0 Å². The van der Waals surface area contributed by atoms with Gasteiger partial charge in [0, 0.05) is 42.2 Å². The summed E-state index contributed by atoms with van der Waals surface area (Å²) in [4.78, 5) is 3.30. The number of aromatic nitrogens is 3. The Hall–Kier alpha value is -2.27. The second-order valence-corrected chi connectivity index (χ2v) is 8.01. The van der Waals surface area contributed by atoms with E-state index in [1.54, 1.807) is 0 Å². The number of rotatable bonds is 4. The molecular formula is C24H26Cl2N4. The molecule has 1 aliphatic heterocycles. The van der Waals surface area contributed by atoms with Crippen LogP contribution >= 0.6 is 24.0 Å². The van der Waals surface area contributed by atoms with Gasteiger partial charge in [0.2, 0.25) is 0 Å². The molecule has 0 unspecified atom stereocenters. The highest BCUT2D eigenvalue weighted by atomic mass is 35.5. The molecule has 2 N–H and O–H groups in total. The first kappa shape index (κ1) is 21.0. The number of benzene rings is 2. The van der Waals surface area contributed by atoms with E-state index in [0.717, 1.165) is 48.3 Å². The Bertz CT molecular complexity index is 1180. The van der Waals surface area contributed by atoms with Gasteiger partial charge >= 0.3 is 0 Å². The maximum Gasteiger partial charge on any atom is 0.0795 e. The fourth-order valence-electron chi connectivity index (χ4n) is 4.56. The van der Waals surface area contributed by atoms with Gasteiger partial charge in [-0.2, -0.15) is 5.10 Å². The van der Waals surface area contributed by atoms with Crippen LogP contribution in [0.15, 0.2) is 42.6 Å². The molecule has 2 aromatic heterocycles. The minimum Gasteiger partial charge on any atom is -0.360 e. The van der Waals surface area contributed by atoms with Crippen LogP contribution in [0, 0.1) is 0 Å². The lowest BCUT2D eigenvalue weighted by Crippen LogP contribution is -2.23. The van der Waals surface area contributed by atoms with Gasteiger partial charge in [-0.05, 0) is 36.1 Å². The number of para-hydroxylation sites is 1. The van der Waals surface area contributed by atoms with E-state index < -0.39 is 0 Å². The van der Waals surface area contributed by atoms with Crippen LogP contribution in [0.5, 0.6) is 0 Å². The van der Waals surface area contributed by atoms with E-state index in [1.807, 2.05) is 12.3 Å². The Morgan fingerprint density at radius 2 is 1.83 bits per heavy atom. The zero-order chi connectivity index (χ0) is 20.0. The first-order chi connectivity index (χ1) is 14.2. The first-order valence-corrected chi connectivity index (χ1v) is 10.8. The van der Waals surface area contributed by atoms with E-state index >= 15 is 0 Å². The standard InChI is InChI=1S/C24H25ClN4.ClH/c1-3-15-6-5-7-16(4-2)23(15)29-24(19-14-26-12-11-21(19)28-29)18-8-9-20(25)22-17(18)10-13-27-22;/h5-10,13,26-27H,3-4,11-12,14H2,1-2H3;1H. The van der Waals surface area contributed by atoms with Gasteiger partial charge < -0.3 is 10.3 Å². The van der Waals surface area contributed by atoms with E-state index in [1.165, 1.54) is 39.3 Å². The average molecular weight is 441 g/mol. The van der Waals surface area contributed by atoms with Crippen LogP contribution in [0.1, 0.15) is 36.2 Å². The monoisotopic (exact) mass is 440 g/mol.